The molecule has 0 atom stereocenters. The predicted octanol–water partition coefficient (Wildman–Crippen LogP) is 3.51. The summed E-state index contributed by atoms with van der Waals surface area (Å²) in [5, 5.41) is 3.93. The number of carbonyl (C=O) groups is 1. The molecule has 0 aliphatic rings. The Balaban J connectivity index is 1.63. The maximum absolute atomic E-state index is 12.2. The third kappa shape index (κ3) is 4.17. The first-order valence-corrected chi connectivity index (χ1v) is 9.63. The highest BCUT2D eigenvalue weighted by atomic mass is 32.2. The van der Waals surface area contributed by atoms with Crippen LogP contribution in [0.5, 0.6) is 0 Å². The fourth-order valence-corrected chi connectivity index (χ4v) is 3.69. The van der Waals surface area contributed by atoms with Gasteiger partial charge in [0.05, 0.1) is 11.3 Å². The summed E-state index contributed by atoms with van der Waals surface area (Å²) in [6.45, 7) is 2.63. The molecule has 0 radical (unpaired) electrons. The van der Waals surface area contributed by atoms with Crippen molar-refractivity contribution >= 4 is 28.6 Å². The van der Waals surface area contributed by atoms with Gasteiger partial charge in [0.1, 0.15) is 0 Å². The molecule has 0 aliphatic carbocycles. The maximum atomic E-state index is 12.2. The van der Waals surface area contributed by atoms with Gasteiger partial charge in [-0.2, -0.15) is 0 Å². The van der Waals surface area contributed by atoms with Gasteiger partial charge in [-0.1, -0.05) is 49.4 Å². The van der Waals surface area contributed by atoms with Crippen molar-refractivity contribution in [1.82, 2.24) is 9.88 Å². The molecule has 3 rings (SSSR count). The number of hydrogen-bond acceptors (Lipinski definition) is 3. The number of aryl methyl sites for hydroxylation is 2. The van der Waals surface area contributed by atoms with Crippen LogP contribution in [0.25, 0.3) is 10.9 Å². The fourth-order valence-electron chi connectivity index (χ4n) is 2.79. The number of carbonyl (C=O) groups excluding carboxylic acids is 1. The molecule has 4 nitrogen and oxygen atoms in total. The molecule has 1 heterocycles. The Morgan fingerprint density at radius 2 is 1.77 bits per heavy atom. The predicted molar refractivity (Wildman–Crippen MR) is 108 cm³/mol. The van der Waals surface area contributed by atoms with Gasteiger partial charge in [0.15, 0.2) is 0 Å². The summed E-state index contributed by atoms with van der Waals surface area (Å²) in [6, 6.07) is 17.6. The van der Waals surface area contributed by atoms with Crippen molar-refractivity contribution in [3.63, 3.8) is 0 Å². The van der Waals surface area contributed by atoms with Crippen LogP contribution < -0.4 is 10.9 Å². The Morgan fingerprint density at radius 1 is 1.08 bits per heavy atom. The van der Waals surface area contributed by atoms with E-state index in [-0.39, 0.29) is 17.2 Å². The molecule has 0 unspecified atom stereocenters. The van der Waals surface area contributed by atoms with Crippen molar-refractivity contribution < 1.29 is 4.79 Å². The molecule has 5 heteroatoms. The monoisotopic (exact) mass is 366 g/mol. The van der Waals surface area contributed by atoms with Crippen LogP contribution in [-0.2, 0) is 24.8 Å². The van der Waals surface area contributed by atoms with Gasteiger partial charge in [0.25, 0.3) is 5.56 Å². The smallest absolute Gasteiger partial charge is 0.251 e. The van der Waals surface area contributed by atoms with Crippen LogP contribution in [-0.4, -0.2) is 16.2 Å². The fraction of sp³-hybridized carbons (Fsp3) is 0.238. The molecule has 0 saturated heterocycles. The van der Waals surface area contributed by atoms with E-state index in [0.717, 1.165) is 27.8 Å². The molecule has 0 fully saturated rings. The van der Waals surface area contributed by atoms with Crippen LogP contribution in [0.3, 0.4) is 0 Å². The molecule has 1 N–H and O–H groups in total. The molecular formula is C21H22N2O2S. The Morgan fingerprint density at radius 3 is 2.50 bits per heavy atom. The van der Waals surface area contributed by atoms with Gasteiger partial charge in [-0.25, -0.2) is 0 Å². The molecule has 2 aromatic carbocycles. The van der Waals surface area contributed by atoms with Gasteiger partial charge in [-0.3, -0.25) is 9.59 Å². The first-order valence-electron chi connectivity index (χ1n) is 8.64. The number of fused-ring (bicyclic) bond motifs is 1. The average molecular weight is 366 g/mol. The van der Waals surface area contributed by atoms with Gasteiger partial charge in [0, 0.05) is 29.9 Å². The number of para-hydroxylation sites is 1. The van der Waals surface area contributed by atoms with E-state index >= 15 is 0 Å². The average Bonchev–Trinajstić information content (AvgIpc) is 2.68. The van der Waals surface area contributed by atoms with Crippen molar-refractivity contribution in [2.45, 2.75) is 24.8 Å². The second-order valence-corrected chi connectivity index (χ2v) is 7.18. The molecule has 0 spiro atoms. The topological polar surface area (TPSA) is 51.1 Å². The molecular weight excluding hydrogens is 344 g/mol. The summed E-state index contributed by atoms with van der Waals surface area (Å²) in [5.74, 6) is 0.240. The van der Waals surface area contributed by atoms with Crippen LogP contribution in [0, 0.1) is 0 Å². The Kier molecular flexibility index (Phi) is 5.78. The number of hydrogen-bond donors (Lipinski definition) is 1. The molecule has 0 saturated carbocycles. The van der Waals surface area contributed by atoms with E-state index in [0.29, 0.717) is 6.54 Å². The first kappa shape index (κ1) is 18.3. The standard InChI is InChI=1S/C21H22N2O2S/c1-3-15-8-10-16(11-9-15)13-22-20(24)14-26-19-12-21(25)23(2)18-7-5-4-6-17(18)19/h4-12H,3,13-14H2,1-2H3,(H,22,24). The van der Waals surface area contributed by atoms with Crippen molar-refractivity contribution in [1.29, 1.82) is 0 Å². The quantitative estimate of drug-likeness (QED) is 0.679. The van der Waals surface area contributed by atoms with Crippen LogP contribution in [0.2, 0.25) is 0 Å². The lowest BCUT2D eigenvalue weighted by Gasteiger charge is -2.10. The summed E-state index contributed by atoms with van der Waals surface area (Å²) in [4.78, 5) is 25.1. The summed E-state index contributed by atoms with van der Waals surface area (Å²) in [5.41, 5.74) is 3.18. The number of aromatic nitrogens is 1. The molecule has 26 heavy (non-hydrogen) atoms. The summed E-state index contributed by atoms with van der Waals surface area (Å²) in [6.07, 6.45) is 1.01. The highest BCUT2D eigenvalue weighted by Crippen LogP contribution is 2.25. The molecule has 134 valence electrons. The maximum Gasteiger partial charge on any atom is 0.251 e. The second-order valence-electron chi connectivity index (χ2n) is 6.16. The van der Waals surface area contributed by atoms with Gasteiger partial charge >= 0.3 is 0 Å². The lowest BCUT2D eigenvalue weighted by Crippen LogP contribution is -2.24. The zero-order valence-corrected chi connectivity index (χ0v) is 15.8. The van der Waals surface area contributed by atoms with Gasteiger partial charge in [0.2, 0.25) is 5.91 Å². The van der Waals surface area contributed by atoms with Crippen molar-refractivity contribution in [2.24, 2.45) is 7.05 Å². The normalized spacial score (nSPS) is 10.8. The van der Waals surface area contributed by atoms with E-state index in [4.69, 9.17) is 0 Å². The van der Waals surface area contributed by atoms with E-state index in [9.17, 15) is 9.59 Å². The summed E-state index contributed by atoms with van der Waals surface area (Å²) in [7, 11) is 1.76. The zero-order chi connectivity index (χ0) is 18.5. The third-order valence-corrected chi connectivity index (χ3v) is 5.45. The lowest BCUT2D eigenvalue weighted by atomic mass is 10.1. The largest absolute Gasteiger partial charge is 0.351 e. The van der Waals surface area contributed by atoms with Crippen molar-refractivity contribution in [2.75, 3.05) is 5.75 Å². The number of nitrogens with one attached hydrogen (secondary N) is 1. The van der Waals surface area contributed by atoms with Crippen LogP contribution >= 0.6 is 11.8 Å². The van der Waals surface area contributed by atoms with Crippen LogP contribution in [0.1, 0.15) is 18.1 Å². The van der Waals surface area contributed by atoms with E-state index in [1.54, 1.807) is 17.7 Å². The number of rotatable bonds is 6. The minimum absolute atomic E-state index is 0.0423. The van der Waals surface area contributed by atoms with Crippen molar-refractivity contribution in [3.05, 3.63) is 76.1 Å². The number of nitrogens with zero attached hydrogens (tertiary/aromatic N) is 1. The Hall–Kier alpha value is -2.53. The van der Waals surface area contributed by atoms with E-state index < -0.39 is 0 Å². The number of pyridine rings is 1. The number of benzene rings is 2. The number of thioether (sulfide) groups is 1. The summed E-state index contributed by atoms with van der Waals surface area (Å²) < 4.78 is 1.62. The van der Waals surface area contributed by atoms with E-state index in [1.165, 1.54) is 17.3 Å². The lowest BCUT2D eigenvalue weighted by molar-refractivity contribution is -0.118. The van der Waals surface area contributed by atoms with Gasteiger partial charge in [-0.15, -0.1) is 11.8 Å². The number of amides is 1. The van der Waals surface area contributed by atoms with Crippen LogP contribution in [0.15, 0.2) is 64.3 Å². The van der Waals surface area contributed by atoms with Crippen LogP contribution in [0.4, 0.5) is 0 Å². The Bertz CT molecular complexity index is 977. The first-order chi connectivity index (χ1) is 12.6. The summed E-state index contributed by atoms with van der Waals surface area (Å²) >= 11 is 1.40. The van der Waals surface area contributed by atoms with E-state index in [1.807, 2.05) is 36.4 Å². The van der Waals surface area contributed by atoms with E-state index in [2.05, 4.69) is 24.4 Å². The molecule has 0 bridgehead atoms. The Labute approximate surface area is 157 Å². The molecule has 1 aromatic heterocycles. The van der Waals surface area contributed by atoms with Crippen molar-refractivity contribution in [3.8, 4) is 0 Å². The minimum Gasteiger partial charge on any atom is -0.351 e. The van der Waals surface area contributed by atoms with Gasteiger partial charge < -0.3 is 9.88 Å². The molecule has 3 aromatic rings. The highest BCUT2D eigenvalue weighted by molar-refractivity contribution is 8.00. The highest BCUT2D eigenvalue weighted by Gasteiger charge is 2.09. The molecule has 0 aliphatic heterocycles. The molecule has 1 amide bonds. The second kappa shape index (κ2) is 8.23. The third-order valence-electron chi connectivity index (χ3n) is 4.40. The SMILES string of the molecule is CCc1ccc(CNC(=O)CSc2cc(=O)n(C)c3ccccc23)cc1. The van der Waals surface area contributed by atoms with Gasteiger partial charge in [-0.05, 0) is 23.6 Å². The zero-order valence-electron chi connectivity index (χ0n) is 15.0. The minimum atomic E-state index is -0.0670.